The Bertz CT molecular complexity index is 921. The summed E-state index contributed by atoms with van der Waals surface area (Å²) in [6.45, 7) is 6.53. The predicted octanol–water partition coefficient (Wildman–Crippen LogP) is 2.78. The SMILES string of the molecule is CCS(=O)(=O)c1ccc(CCC(=O)C2=CC3C(S2)C2(CCNCC2)OC[C@H]3C)nc1. The van der Waals surface area contributed by atoms with Gasteiger partial charge in [-0.05, 0) is 56.3 Å². The zero-order valence-corrected chi connectivity index (χ0v) is 19.2. The Hall–Kier alpha value is -1.22. The molecule has 4 rings (SSSR count). The third-order valence-electron chi connectivity index (χ3n) is 6.63. The predicted molar refractivity (Wildman–Crippen MR) is 118 cm³/mol. The normalized spacial score (nSPS) is 28.2. The van der Waals surface area contributed by atoms with Crippen molar-refractivity contribution in [2.24, 2.45) is 11.8 Å². The van der Waals surface area contributed by atoms with Crippen molar-refractivity contribution in [1.82, 2.24) is 10.3 Å². The van der Waals surface area contributed by atoms with E-state index in [-0.39, 0.29) is 22.0 Å². The molecule has 2 unspecified atom stereocenters. The molecule has 0 radical (unpaired) electrons. The lowest BCUT2D eigenvalue weighted by molar-refractivity contribution is -0.120. The number of Topliss-reactive ketones (excluding diaryl/α,β-unsaturated/α-hetero) is 1. The van der Waals surface area contributed by atoms with Gasteiger partial charge in [0.2, 0.25) is 0 Å². The number of carbonyl (C=O) groups excluding carboxylic acids is 1. The Labute approximate surface area is 183 Å². The van der Waals surface area contributed by atoms with Gasteiger partial charge in [0.15, 0.2) is 15.6 Å². The summed E-state index contributed by atoms with van der Waals surface area (Å²) in [5.74, 6) is 1.01. The first-order valence-electron chi connectivity index (χ1n) is 10.8. The molecule has 0 bridgehead atoms. The third kappa shape index (κ3) is 4.24. The van der Waals surface area contributed by atoms with Crippen molar-refractivity contribution in [3.8, 4) is 0 Å². The van der Waals surface area contributed by atoms with Crippen LogP contribution in [-0.4, -0.2) is 55.5 Å². The number of nitrogens with zero attached hydrogens (tertiary/aromatic N) is 1. The fourth-order valence-corrected chi connectivity index (χ4v) is 7.23. The summed E-state index contributed by atoms with van der Waals surface area (Å²) in [7, 11) is -3.25. The minimum absolute atomic E-state index is 0.0555. The summed E-state index contributed by atoms with van der Waals surface area (Å²) in [6, 6.07) is 3.30. The summed E-state index contributed by atoms with van der Waals surface area (Å²) in [5.41, 5.74) is 0.624. The lowest BCUT2D eigenvalue weighted by atomic mass is 9.75. The number of rotatable bonds is 6. The van der Waals surface area contributed by atoms with E-state index in [4.69, 9.17) is 4.74 Å². The average molecular weight is 451 g/mol. The second-order valence-corrected chi connectivity index (χ2v) is 12.0. The van der Waals surface area contributed by atoms with Gasteiger partial charge in [-0.2, -0.15) is 0 Å². The molecule has 8 heteroatoms. The number of fused-ring (bicyclic) bond motifs is 2. The van der Waals surface area contributed by atoms with Crippen LogP contribution in [0.4, 0.5) is 0 Å². The van der Waals surface area contributed by atoms with Crippen molar-refractivity contribution < 1.29 is 17.9 Å². The van der Waals surface area contributed by atoms with E-state index in [2.05, 4.69) is 23.3 Å². The van der Waals surface area contributed by atoms with Crippen molar-refractivity contribution in [3.05, 3.63) is 35.0 Å². The van der Waals surface area contributed by atoms with Crippen LogP contribution in [0.2, 0.25) is 0 Å². The van der Waals surface area contributed by atoms with E-state index >= 15 is 0 Å². The number of aromatic nitrogens is 1. The molecule has 2 fully saturated rings. The summed E-state index contributed by atoms with van der Waals surface area (Å²) in [4.78, 5) is 18.3. The molecule has 1 spiro atoms. The molecule has 2 saturated heterocycles. The zero-order valence-electron chi connectivity index (χ0n) is 17.6. The molecule has 30 heavy (non-hydrogen) atoms. The Balaban J connectivity index is 1.40. The smallest absolute Gasteiger partial charge is 0.179 e. The topological polar surface area (TPSA) is 85.4 Å². The standard InChI is InChI=1S/C22H30N2O4S2/c1-3-30(26,27)17-6-4-16(24-13-17)5-7-19(25)20-12-18-15(2)14-28-22(21(18)29-20)8-10-23-11-9-22/h4,6,12-13,15,18,21,23H,3,5,7-11,14H2,1-2H3/t15-,18?,21?/m1/s1. The first-order valence-corrected chi connectivity index (χ1v) is 13.3. The fraction of sp³-hybridized carbons (Fsp3) is 0.636. The number of carbonyl (C=O) groups is 1. The van der Waals surface area contributed by atoms with Crippen molar-refractivity contribution in [2.75, 3.05) is 25.4 Å². The van der Waals surface area contributed by atoms with Crippen molar-refractivity contribution in [2.45, 2.75) is 55.3 Å². The van der Waals surface area contributed by atoms with Crippen LogP contribution in [0.15, 0.2) is 34.2 Å². The van der Waals surface area contributed by atoms with Crippen LogP contribution in [0, 0.1) is 11.8 Å². The van der Waals surface area contributed by atoms with Crippen LogP contribution in [0.1, 0.15) is 38.8 Å². The molecule has 1 aromatic rings. The Kier molecular flexibility index (Phi) is 6.40. The first kappa shape index (κ1) is 22.0. The number of aryl methyl sites for hydroxylation is 1. The van der Waals surface area contributed by atoms with Crippen LogP contribution in [0.25, 0.3) is 0 Å². The molecule has 3 atom stereocenters. The quantitative estimate of drug-likeness (QED) is 0.713. The highest BCUT2D eigenvalue weighted by Gasteiger charge is 2.52. The van der Waals surface area contributed by atoms with E-state index < -0.39 is 9.84 Å². The number of pyridine rings is 1. The molecule has 1 aromatic heterocycles. The van der Waals surface area contributed by atoms with Gasteiger partial charge in [-0.25, -0.2) is 8.42 Å². The van der Waals surface area contributed by atoms with E-state index in [1.807, 2.05) is 0 Å². The van der Waals surface area contributed by atoms with Crippen molar-refractivity contribution >= 4 is 27.4 Å². The monoisotopic (exact) mass is 450 g/mol. The van der Waals surface area contributed by atoms with Gasteiger partial charge >= 0.3 is 0 Å². The molecule has 3 aliphatic heterocycles. The van der Waals surface area contributed by atoms with Gasteiger partial charge in [-0.3, -0.25) is 9.78 Å². The molecular formula is C22H30N2O4S2. The molecule has 0 aromatic carbocycles. The number of nitrogens with one attached hydrogen (secondary N) is 1. The minimum atomic E-state index is -3.25. The molecule has 0 aliphatic carbocycles. The summed E-state index contributed by atoms with van der Waals surface area (Å²) < 4.78 is 30.2. The maximum atomic E-state index is 12.9. The highest BCUT2D eigenvalue weighted by Crippen LogP contribution is 2.52. The van der Waals surface area contributed by atoms with Gasteiger partial charge < -0.3 is 10.1 Å². The number of hydrogen-bond acceptors (Lipinski definition) is 7. The highest BCUT2D eigenvalue weighted by atomic mass is 32.2. The minimum Gasteiger partial charge on any atom is -0.373 e. The van der Waals surface area contributed by atoms with Gasteiger partial charge in [0.05, 0.1) is 22.9 Å². The second kappa shape index (κ2) is 8.73. The molecular weight excluding hydrogens is 420 g/mol. The van der Waals surface area contributed by atoms with Crippen LogP contribution < -0.4 is 5.32 Å². The zero-order chi connectivity index (χ0) is 21.4. The Morgan fingerprint density at radius 3 is 2.77 bits per heavy atom. The number of thioether (sulfide) groups is 1. The van der Waals surface area contributed by atoms with Crippen LogP contribution >= 0.6 is 11.8 Å². The maximum absolute atomic E-state index is 12.9. The number of ether oxygens (including phenoxy) is 1. The molecule has 164 valence electrons. The molecule has 1 N–H and O–H groups in total. The maximum Gasteiger partial charge on any atom is 0.179 e. The number of piperidine rings is 1. The van der Waals surface area contributed by atoms with Gasteiger partial charge in [-0.1, -0.05) is 19.9 Å². The van der Waals surface area contributed by atoms with E-state index in [1.54, 1.807) is 30.8 Å². The molecule has 3 aliphatic rings. The highest BCUT2D eigenvalue weighted by molar-refractivity contribution is 8.04. The van der Waals surface area contributed by atoms with E-state index in [0.29, 0.717) is 29.9 Å². The third-order valence-corrected chi connectivity index (χ3v) is 9.96. The lowest BCUT2D eigenvalue weighted by Gasteiger charge is -2.49. The summed E-state index contributed by atoms with van der Waals surface area (Å²) in [6.07, 6.45) is 6.49. The molecule has 6 nitrogen and oxygen atoms in total. The molecule has 4 heterocycles. The molecule has 0 saturated carbocycles. The van der Waals surface area contributed by atoms with Crippen LogP contribution in [0.5, 0.6) is 0 Å². The second-order valence-electron chi connectivity index (χ2n) is 8.56. The fourth-order valence-electron chi connectivity index (χ4n) is 4.64. The Morgan fingerprint density at radius 2 is 2.10 bits per heavy atom. The number of ketones is 1. The summed E-state index contributed by atoms with van der Waals surface area (Å²) >= 11 is 1.71. The number of allylic oxidation sites excluding steroid dienone is 2. The number of hydrogen-bond donors (Lipinski definition) is 1. The van der Waals surface area contributed by atoms with Crippen LogP contribution in [0.3, 0.4) is 0 Å². The number of sulfone groups is 1. The molecule has 0 amide bonds. The van der Waals surface area contributed by atoms with Crippen LogP contribution in [-0.2, 0) is 25.8 Å². The lowest BCUT2D eigenvalue weighted by Crippen LogP contribution is -2.57. The van der Waals surface area contributed by atoms with Gasteiger partial charge in [0, 0.05) is 28.5 Å². The van der Waals surface area contributed by atoms with E-state index in [9.17, 15) is 13.2 Å². The van der Waals surface area contributed by atoms with Gasteiger partial charge in [0.25, 0.3) is 0 Å². The van der Waals surface area contributed by atoms with Crippen molar-refractivity contribution in [3.63, 3.8) is 0 Å². The van der Waals surface area contributed by atoms with Gasteiger partial charge in [0.1, 0.15) is 0 Å². The Morgan fingerprint density at radius 1 is 1.33 bits per heavy atom. The van der Waals surface area contributed by atoms with E-state index in [0.717, 1.165) is 43.1 Å². The summed E-state index contributed by atoms with van der Waals surface area (Å²) in [5, 5.41) is 3.74. The van der Waals surface area contributed by atoms with Crippen molar-refractivity contribution in [1.29, 1.82) is 0 Å². The first-order chi connectivity index (χ1) is 14.3. The largest absolute Gasteiger partial charge is 0.373 e. The van der Waals surface area contributed by atoms with E-state index in [1.165, 1.54) is 6.20 Å². The van der Waals surface area contributed by atoms with Gasteiger partial charge in [-0.15, -0.1) is 11.8 Å². The average Bonchev–Trinajstić information content (AvgIpc) is 3.23.